The Morgan fingerprint density at radius 2 is 2.20 bits per heavy atom. The third-order valence-corrected chi connectivity index (χ3v) is 2.01. The maximum atomic E-state index is 2.30. The van der Waals surface area contributed by atoms with Crippen LogP contribution in [-0.4, -0.2) is 0 Å². The molecule has 1 aliphatic rings. The number of hydrogen-bond acceptors (Lipinski definition) is 0. The predicted octanol–water partition coefficient (Wildman–Crippen LogP) is 3.16. The topological polar surface area (TPSA) is 0 Å². The van der Waals surface area contributed by atoms with Gasteiger partial charge in [-0.25, -0.2) is 0 Å². The van der Waals surface area contributed by atoms with Gasteiger partial charge in [-0.05, 0) is 25.2 Å². The molecule has 0 aromatic carbocycles. The summed E-state index contributed by atoms with van der Waals surface area (Å²) in [7, 11) is 0. The van der Waals surface area contributed by atoms with E-state index in [1.54, 1.807) is 0 Å². The van der Waals surface area contributed by atoms with Gasteiger partial charge >= 0.3 is 0 Å². The smallest absolute Gasteiger partial charge is 0.00174 e. The summed E-state index contributed by atoms with van der Waals surface area (Å²) >= 11 is 0. The van der Waals surface area contributed by atoms with E-state index in [4.69, 9.17) is 0 Å². The first-order chi connectivity index (χ1) is 4.70. The van der Waals surface area contributed by atoms with Gasteiger partial charge in [0.2, 0.25) is 0 Å². The molecule has 0 bridgehead atoms. The van der Waals surface area contributed by atoms with Crippen LogP contribution in [0.5, 0.6) is 0 Å². The van der Waals surface area contributed by atoms with E-state index < -0.39 is 0 Å². The van der Waals surface area contributed by atoms with Gasteiger partial charge in [-0.1, -0.05) is 37.6 Å². The van der Waals surface area contributed by atoms with Crippen LogP contribution in [0.3, 0.4) is 0 Å². The van der Waals surface area contributed by atoms with E-state index >= 15 is 0 Å². The molecule has 0 aliphatic heterocycles. The minimum Gasteiger partial charge on any atom is -0.0773 e. The molecule has 1 unspecified atom stereocenters. The molecule has 0 aromatic rings. The normalized spacial score (nSPS) is 24.0. The van der Waals surface area contributed by atoms with E-state index in [1.807, 2.05) is 0 Å². The minimum atomic E-state index is 0.736. The molecular weight excluding hydrogens is 120 g/mol. The summed E-state index contributed by atoms with van der Waals surface area (Å²) < 4.78 is 0. The molecule has 0 saturated heterocycles. The highest BCUT2D eigenvalue weighted by Gasteiger charge is 2.11. The number of hydrogen-bond donors (Lipinski definition) is 0. The van der Waals surface area contributed by atoms with E-state index in [-0.39, 0.29) is 0 Å². The maximum absolute atomic E-state index is 2.30. The lowest BCUT2D eigenvalue weighted by molar-refractivity contribution is 0.521. The zero-order valence-corrected chi connectivity index (χ0v) is 7.09. The summed E-state index contributed by atoms with van der Waals surface area (Å²) in [6, 6.07) is 0. The summed E-state index contributed by atoms with van der Waals surface area (Å²) in [5.74, 6) is 1.55. The summed E-state index contributed by atoms with van der Waals surface area (Å²) in [6.45, 7) is 6.77. The zero-order chi connectivity index (χ0) is 7.56. The van der Waals surface area contributed by atoms with E-state index in [0.29, 0.717) is 0 Å². The maximum Gasteiger partial charge on any atom is -0.00174 e. The highest BCUT2D eigenvalue weighted by Crippen LogP contribution is 2.24. The second-order valence-corrected chi connectivity index (χ2v) is 3.53. The van der Waals surface area contributed by atoms with Crippen LogP contribution in [0.1, 0.15) is 27.2 Å². The Bertz CT molecular complexity index is 161. The predicted molar refractivity (Wildman–Crippen MR) is 45.8 cm³/mol. The molecule has 0 nitrogen and oxygen atoms in total. The summed E-state index contributed by atoms with van der Waals surface area (Å²) in [5.41, 5.74) is 1.52. The fourth-order valence-corrected chi connectivity index (χ4v) is 1.39. The van der Waals surface area contributed by atoms with Crippen LogP contribution in [0.15, 0.2) is 23.8 Å². The Labute approximate surface area is 63.6 Å². The van der Waals surface area contributed by atoms with Crippen molar-refractivity contribution in [3.05, 3.63) is 23.8 Å². The molecule has 1 rings (SSSR count). The lowest BCUT2D eigenvalue weighted by Crippen LogP contribution is -1.99. The lowest BCUT2D eigenvalue weighted by atomic mass is 9.94. The third-order valence-electron chi connectivity index (χ3n) is 2.01. The van der Waals surface area contributed by atoms with Gasteiger partial charge in [0.25, 0.3) is 0 Å². The molecule has 56 valence electrons. The number of allylic oxidation sites excluding steroid dienone is 4. The average molecular weight is 136 g/mol. The molecule has 0 aromatic heterocycles. The van der Waals surface area contributed by atoms with Crippen molar-refractivity contribution in [1.82, 2.24) is 0 Å². The van der Waals surface area contributed by atoms with Crippen LogP contribution in [0.25, 0.3) is 0 Å². The van der Waals surface area contributed by atoms with Gasteiger partial charge in [-0.2, -0.15) is 0 Å². The quantitative estimate of drug-likeness (QED) is 0.547. The van der Waals surface area contributed by atoms with Gasteiger partial charge in [0.05, 0.1) is 0 Å². The first kappa shape index (κ1) is 7.59. The number of rotatable bonds is 2. The Hall–Kier alpha value is -0.520. The fraction of sp³-hybridized carbons (Fsp3) is 0.600. The monoisotopic (exact) mass is 136 g/mol. The van der Waals surface area contributed by atoms with Crippen LogP contribution in [0.2, 0.25) is 0 Å². The van der Waals surface area contributed by atoms with Crippen molar-refractivity contribution < 1.29 is 0 Å². The van der Waals surface area contributed by atoms with Gasteiger partial charge in [-0.15, -0.1) is 0 Å². The molecule has 1 atom stereocenters. The Morgan fingerprint density at radius 1 is 1.50 bits per heavy atom. The van der Waals surface area contributed by atoms with Gasteiger partial charge in [-0.3, -0.25) is 0 Å². The van der Waals surface area contributed by atoms with Crippen LogP contribution in [-0.2, 0) is 0 Å². The molecule has 0 heterocycles. The molecule has 10 heavy (non-hydrogen) atoms. The van der Waals surface area contributed by atoms with Crippen molar-refractivity contribution in [2.75, 3.05) is 0 Å². The first-order valence-electron chi connectivity index (χ1n) is 4.05. The first-order valence-corrected chi connectivity index (χ1v) is 4.05. The van der Waals surface area contributed by atoms with E-state index in [9.17, 15) is 0 Å². The largest absolute Gasteiger partial charge is 0.0773 e. The van der Waals surface area contributed by atoms with Crippen LogP contribution in [0.4, 0.5) is 0 Å². The molecule has 0 fully saturated rings. The van der Waals surface area contributed by atoms with Gasteiger partial charge in [0, 0.05) is 0 Å². The highest BCUT2D eigenvalue weighted by molar-refractivity contribution is 5.25. The highest BCUT2D eigenvalue weighted by atomic mass is 14.2. The second kappa shape index (κ2) is 3.05. The average Bonchev–Trinajstić information content (AvgIpc) is 2.15. The molecule has 0 spiro atoms. The molecular formula is C10H16. The molecule has 0 N–H and O–H groups in total. The van der Waals surface area contributed by atoms with Crippen molar-refractivity contribution in [3.63, 3.8) is 0 Å². The van der Waals surface area contributed by atoms with Crippen LogP contribution < -0.4 is 0 Å². The Morgan fingerprint density at radius 3 is 2.60 bits per heavy atom. The zero-order valence-electron chi connectivity index (χ0n) is 7.09. The Balaban J connectivity index is 2.43. The summed E-state index contributed by atoms with van der Waals surface area (Å²) in [5, 5.41) is 0. The molecule has 1 aliphatic carbocycles. The van der Waals surface area contributed by atoms with Crippen LogP contribution >= 0.6 is 0 Å². The third kappa shape index (κ3) is 1.73. The molecule has 0 radical (unpaired) electrons. The minimum absolute atomic E-state index is 0.736. The van der Waals surface area contributed by atoms with Crippen molar-refractivity contribution >= 4 is 0 Å². The van der Waals surface area contributed by atoms with E-state index in [1.165, 1.54) is 12.0 Å². The lowest BCUT2D eigenvalue weighted by Gasteiger charge is -2.11. The van der Waals surface area contributed by atoms with Crippen molar-refractivity contribution in [3.8, 4) is 0 Å². The van der Waals surface area contributed by atoms with Gasteiger partial charge in [0.1, 0.15) is 0 Å². The second-order valence-electron chi connectivity index (χ2n) is 3.53. The molecule has 0 heteroatoms. The molecule has 0 saturated carbocycles. The fourth-order valence-electron chi connectivity index (χ4n) is 1.39. The standard InChI is InChI=1S/C10H16/c1-8(2)7-10-6-4-5-9(10)3/h4-6,8,10H,7H2,1-3H3. The van der Waals surface area contributed by atoms with Crippen molar-refractivity contribution in [1.29, 1.82) is 0 Å². The van der Waals surface area contributed by atoms with Crippen LogP contribution in [0, 0.1) is 11.8 Å². The van der Waals surface area contributed by atoms with Crippen molar-refractivity contribution in [2.45, 2.75) is 27.2 Å². The van der Waals surface area contributed by atoms with Crippen molar-refractivity contribution in [2.24, 2.45) is 11.8 Å². The van der Waals surface area contributed by atoms with Gasteiger partial charge in [0.15, 0.2) is 0 Å². The SMILES string of the molecule is CC1=CC=CC1CC(C)C. The van der Waals surface area contributed by atoms with E-state index in [2.05, 4.69) is 39.0 Å². The summed E-state index contributed by atoms with van der Waals surface area (Å²) in [6.07, 6.45) is 7.99. The summed E-state index contributed by atoms with van der Waals surface area (Å²) in [4.78, 5) is 0. The van der Waals surface area contributed by atoms with E-state index in [0.717, 1.165) is 11.8 Å². The Kier molecular flexibility index (Phi) is 2.31. The van der Waals surface area contributed by atoms with Gasteiger partial charge < -0.3 is 0 Å². The molecule has 0 amide bonds.